The van der Waals surface area contributed by atoms with Gasteiger partial charge in [0.2, 0.25) is 0 Å². The van der Waals surface area contributed by atoms with Crippen LogP contribution >= 0.6 is 22.7 Å². The lowest BCUT2D eigenvalue weighted by Crippen LogP contribution is -2.68. The van der Waals surface area contributed by atoms with E-state index < -0.39 is 12.7 Å². The summed E-state index contributed by atoms with van der Waals surface area (Å²) in [7, 11) is 0. The zero-order chi connectivity index (χ0) is 25.1. The molecule has 2 aliphatic heterocycles. The molecule has 2 N–H and O–H groups in total. The van der Waals surface area contributed by atoms with Crippen molar-refractivity contribution in [3.63, 3.8) is 0 Å². The van der Waals surface area contributed by atoms with Gasteiger partial charge in [0, 0.05) is 34.1 Å². The molecule has 7 nitrogen and oxygen atoms in total. The molecule has 3 aromatic heterocycles. The molecule has 188 valence electrons. The zero-order valence-electron chi connectivity index (χ0n) is 19.6. The Bertz CT molecular complexity index is 1380. The third-order valence-corrected chi connectivity index (χ3v) is 10.3. The van der Waals surface area contributed by atoms with Gasteiger partial charge in [0.25, 0.3) is 5.91 Å². The number of carbonyl (C=O) groups is 1. The number of carbonyl (C=O) groups excluding carboxylic acids is 1. The molecule has 5 aliphatic rings. The number of halogens is 3. The Hall–Kier alpha value is -2.57. The second-order valence-electron chi connectivity index (χ2n) is 10.5. The van der Waals surface area contributed by atoms with Crippen LogP contribution < -0.4 is 10.6 Å². The molecule has 0 aromatic carbocycles. The van der Waals surface area contributed by atoms with Crippen molar-refractivity contribution < 1.29 is 18.0 Å². The van der Waals surface area contributed by atoms with Gasteiger partial charge in [-0.15, -0.1) is 22.7 Å². The molecule has 2 unspecified atom stereocenters. The minimum Gasteiger partial charge on any atom is -0.349 e. The normalized spacial score (nSPS) is 31.8. The fraction of sp³-hybridized carbons (Fsp3) is 0.500. The molecule has 36 heavy (non-hydrogen) atoms. The summed E-state index contributed by atoms with van der Waals surface area (Å²) in [6.07, 6.45) is 0.186. The lowest BCUT2D eigenvalue weighted by molar-refractivity contribution is -0.187. The number of aromatic nitrogens is 3. The summed E-state index contributed by atoms with van der Waals surface area (Å²) < 4.78 is 39.2. The molecule has 2 bridgehead atoms. The van der Waals surface area contributed by atoms with E-state index in [0.717, 1.165) is 34.1 Å². The first-order chi connectivity index (χ1) is 17.0. The highest BCUT2D eigenvalue weighted by atomic mass is 32.1. The number of fused-ring (bicyclic) bond motifs is 2. The molecule has 2 saturated heterocycles. The van der Waals surface area contributed by atoms with Gasteiger partial charge in [0.05, 0.1) is 33.4 Å². The minimum atomic E-state index is -4.19. The van der Waals surface area contributed by atoms with E-state index in [2.05, 4.69) is 25.6 Å². The van der Waals surface area contributed by atoms with Gasteiger partial charge in [-0.05, 0) is 51.7 Å². The Balaban J connectivity index is 0.982. The first-order valence-electron chi connectivity index (χ1n) is 11.8. The monoisotopic (exact) mass is 532 g/mol. The minimum absolute atomic E-state index is 0.106. The molecule has 3 aliphatic carbocycles. The van der Waals surface area contributed by atoms with Gasteiger partial charge in [-0.1, -0.05) is 0 Å². The largest absolute Gasteiger partial charge is 0.401 e. The van der Waals surface area contributed by atoms with E-state index in [9.17, 15) is 18.0 Å². The Labute approximate surface area is 213 Å². The van der Waals surface area contributed by atoms with Gasteiger partial charge < -0.3 is 10.6 Å². The molecule has 5 heterocycles. The number of aryl methyl sites for hydroxylation is 2. The zero-order valence-corrected chi connectivity index (χ0v) is 21.2. The number of pyridine rings is 1. The Morgan fingerprint density at radius 1 is 1.19 bits per heavy atom. The van der Waals surface area contributed by atoms with Crippen LogP contribution in [0.15, 0.2) is 23.7 Å². The average molecular weight is 533 g/mol. The lowest BCUT2D eigenvalue weighted by Gasteiger charge is -2.55. The van der Waals surface area contributed by atoms with E-state index in [4.69, 9.17) is 0 Å². The van der Waals surface area contributed by atoms with Crippen LogP contribution in [0.1, 0.15) is 46.7 Å². The predicted molar refractivity (Wildman–Crippen MR) is 131 cm³/mol. The van der Waals surface area contributed by atoms with Crippen LogP contribution in [0.3, 0.4) is 0 Å². The molecule has 3 spiro atoms. The topological polar surface area (TPSA) is 83.0 Å². The first kappa shape index (κ1) is 22.6. The molecular formula is C24H23F3N6OS2. The summed E-state index contributed by atoms with van der Waals surface area (Å²) in [6.45, 7) is 3.10. The summed E-state index contributed by atoms with van der Waals surface area (Å²) in [5.74, 6) is 0.333. The van der Waals surface area contributed by atoms with Crippen LogP contribution in [-0.2, 0) is 0 Å². The SMILES string of the molecule is Cc1nc(C)c(-c2csc(Nc3ccc(C(=O)NC4CC56CC57CC7(C4)N6CC(F)(F)F)cn3)n2)s1. The smallest absolute Gasteiger partial charge is 0.349 e. The number of anilines is 2. The van der Waals surface area contributed by atoms with Crippen molar-refractivity contribution in [1.29, 1.82) is 0 Å². The highest BCUT2D eigenvalue weighted by Crippen LogP contribution is 2.96. The highest BCUT2D eigenvalue weighted by Gasteiger charge is 3.02. The third kappa shape index (κ3) is 3.07. The van der Waals surface area contributed by atoms with Crippen molar-refractivity contribution in [3.05, 3.63) is 40.0 Å². The molecule has 8 rings (SSSR count). The quantitative estimate of drug-likeness (QED) is 0.462. The maximum absolute atomic E-state index is 13.1. The summed E-state index contributed by atoms with van der Waals surface area (Å²) in [5, 5.41) is 9.90. The van der Waals surface area contributed by atoms with Gasteiger partial charge in [-0.25, -0.2) is 15.0 Å². The fourth-order valence-corrected chi connectivity index (χ4v) is 8.87. The average Bonchev–Trinajstić information content (AvgIpc) is 3.38. The van der Waals surface area contributed by atoms with Crippen molar-refractivity contribution in [2.24, 2.45) is 5.41 Å². The summed E-state index contributed by atoms with van der Waals surface area (Å²) in [5.41, 5.74) is 1.65. The van der Waals surface area contributed by atoms with Crippen molar-refractivity contribution in [2.45, 2.75) is 62.8 Å². The van der Waals surface area contributed by atoms with E-state index in [1.54, 1.807) is 28.4 Å². The Morgan fingerprint density at radius 2 is 1.94 bits per heavy atom. The van der Waals surface area contributed by atoms with Crippen LogP contribution in [0.2, 0.25) is 0 Å². The van der Waals surface area contributed by atoms with Crippen molar-refractivity contribution in [2.75, 3.05) is 11.9 Å². The maximum Gasteiger partial charge on any atom is 0.401 e. The van der Waals surface area contributed by atoms with Crippen molar-refractivity contribution >= 4 is 39.5 Å². The number of thiazole rings is 2. The van der Waals surface area contributed by atoms with Gasteiger partial charge in [-0.3, -0.25) is 9.69 Å². The molecule has 12 heteroatoms. The number of alkyl halides is 3. The second-order valence-corrected chi connectivity index (χ2v) is 12.6. The number of nitrogens with zero attached hydrogens (tertiary/aromatic N) is 4. The van der Waals surface area contributed by atoms with E-state index in [0.29, 0.717) is 29.4 Å². The van der Waals surface area contributed by atoms with Gasteiger partial charge in [-0.2, -0.15) is 13.2 Å². The van der Waals surface area contributed by atoms with Crippen molar-refractivity contribution in [3.8, 4) is 10.6 Å². The standard InChI is InChI=1S/C24H23F3N6OS2/c1-12-18(36-13(2)29-12)16-8-35-20(31-16)32-17-4-3-14(7-28-17)19(34)30-15-5-22-9-21(22)10-23(21,6-15)33(22)11-24(25,26)27/h3-4,7-8,15H,5-6,9-11H2,1-2H3,(H,30,34)(H,28,31,32). The Kier molecular flexibility index (Phi) is 4.43. The summed E-state index contributed by atoms with van der Waals surface area (Å²) in [4.78, 5) is 29.0. The van der Waals surface area contributed by atoms with Crippen LogP contribution in [0.5, 0.6) is 0 Å². The number of hydrogen-bond donors (Lipinski definition) is 2. The van der Waals surface area contributed by atoms with Gasteiger partial charge in [0.1, 0.15) is 5.82 Å². The van der Waals surface area contributed by atoms with E-state index >= 15 is 0 Å². The number of amides is 1. The predicted octanol–water partition coefficient (Wildman–Crippen LogP) is 5.06. The first-order valence-corrected chi connectivity index (χ1v) is 13.5. The number of piperidine rings is 2. The second kappa shape index (κ2) is 7.05. The van der Waals surface area contributed by atoms with Gasteiger partial charge in [0.15, 0.2) is 5.13 Å². The van der Waals surface area contributed by atoms with Crippen LogP contribution in [0.25, 0.3) is 10.6 Å². The fourth-order valence-electron chi connectivity index (χ4n) is 7.21. The highest BCUT2D eigenvalue weighted by molar-refractivity contribution is 7.16. The molecule has 3 aromatic rings. The Morgan fingerprint density at radius 3 is 2.56 bits per heavy atom. The lowest BCUT2D eigenvalue weighted by atomic mass is 9.76. The maximum atomic E-state index is 13.1. The molecule has 0 radical (unpaired) electrons. The number of hydrogen-bond acceptors (Lipinski definition) is 8. The van der Waals surface area contributed by atoms with Crippen LogP contribution in [-0.4, -0.2) is 55.6 Å². The molecular weight excluding hydrogens is 509 g/mol. The van der Waals surface area contributed by atoms with Crippen LogP contribution in [0, 0.1) is 19.3 Å². The van der Waals surface area contributed by atoms with Crippen molar-refractivity contribution in [1.82, 2.24) is 25.2 Å². The molecule has 2 atom stereocenters. The number of nitrogens with one attached hydrogen (secondary N) is 2. The summed E-state index contributed by atoms with van der Waals surface area (Å²) >= 11 is 3.08. The number of rotatable bonds is 6. The third-order valence-electron chi connectivity index (χ3n) is 8.50. The molecule has 1 amide bonds. The van der Waals surface area contributed by atoms with E-state index in [1.807, 2.05) is 19.2 Å². The molecule has 3 saturated carbocycles. The van der Waals surface area contributed by atoms with Crippen LogP contribution in [0.4, 0.5) is 24.1 Å². The van der Waals surface area contributed by atoms with E-state index in [1.165, 1.54) is 17.5 Å². The summed E-state index contributed by atoms with van der Waals surface area (Å²) in [6, 6.07) is 3.32. The molecule has 5 fully saturated rings. The van der Waals surface area contributed by atoms with E-state index in [-0.39, 0.29) is 28.4 Å². The van der Waals surface area contributed by atoms with Gasteiger partial charge >= 0.3 is 6.18 Å².